The lowest BCUT2D eigenvalue weighted by Gasteiger charge is -2.17. The first-order valence-electron chi connectivity index (χ1n) is 4.82. The number of aliphatic hydroxyl groups excluding tert-OH is 1. The molecule has 1 N–H and O–H groups in total. The van der Waals surface area contributed by atoms with Crippen LogP contribution in [0.1, 0.15) is 11.3 Å². The summed E-state index contributed by atoms with van der Waals surface area (Å²) in [7, 11) is 1.98. The minimum atomic E-state index is 0.000634. The summed E-state index contributed by atoms with van der Waals surface area (Å²) < 4.78 is 0. The lowest BCUT2D eigenvalue weighted by molar-refractivity contribution is 0.280. The van der Waals surface area contributed by atoms with Crippen LogP contribution in [0.2, 0.25) is 0 Å². The second-order valence-corrected chi connectivity index (χ2v) is 4.34. The smallest absolute Gasteiger partial charge is 0.225 e. The van der Waals surface area contributed by atoms with Crippen molar-refractivity contribution in [3.8, 4) is 0 Å². The Morgan fingerprint density at radius 3 is 2.80 bits per heavy atom. The van der Waals surface area contributed by atoms with E-state index >= 15 is 0 Å². The van der Waals surface area contributed by atoms with Crippen molar-refractivity contribution in [2.45, 2.75) is 13.5 Å². The standard InChI is InChI=1S/C10H17N3OS/c1-8-9(7-14)6-11-10(12-8)13(2)4-5-15-3/h6,14H,4-5,7H2,1-3H3. The first-order chi connectivity index (χ1) is 7.19. The van der Waals surface area contributed by atoms with Crippen LogP contribution in [0.3, 0.4) is 0 Å². The van der Waals surface area contributed by atoms with Gasteiger partial charge < -0.3 is 10.0 Å². The molecular formula is C10H17N3OS. The summed E-state index contributed by atoms with van der Waals surface area (Å²) >= 11 is 1.80. The van der Waals surface area contributed by atoms with Crippen LogP contribution in [0.15, 0.2) is 6.20 Å². The van der Waals surface area contributed by atoms with Crippen molar-refractivity contribution < 1.29 is 5.11 Å². The molecular weight excluding hydrogens is 210 g/mol. The summed E-state index contributed by atoms with van der Waals surface area (Å²) in [5.41, 5.74) is 1.63. The van der Waals surface area contributed by atoms with E-state index in [1.807, 2.05) is 18.9 Å². The molecule has 1 aromatic rings. The molecule has 1 rings (SSSR count). The van der Waals surface area contributed by atoms with Crippen molar-refractivity contribution in [1.29, 1.82) is 0 Å². The van der Waals surface area contributed by atoms with Gasteiger partial charge in [-0.2, -0.15) is 11.8 Å². The fraction of sp³-hybridized carbons (Fsp3) is 0.600. The van der Waals surface area contributed by atoms with Crippen molar-refractivity contribution in [3.63, 3.8) is 0 Å². The van der Waals surface area contributed by atoms with E-state index in [-0.39, 0.29) is 6.61 Å². The Kier molecular flexibility index (Phi) is 4.84. The lowest BCUT2D eigenvalue weighted by atomic mass is 10.2. The highest BCUT2D eigenvalue weighted by Crippen LogP contribution is 2.10. The van der Waals surface area contributed by atoms with Crippen LogP contribution in [0.5, 0.6) is 0 Å². The Morgan fingerprint density at radius 1 is 1.53 bits per heavy atom. The number of aliphatic hydroxyl groups is 1. The van der Waals surface area contributed by atoms with Crippen LogP contribution in [0, 0.1) is 6.92 Å². The van der Waals surface area contributed by atoms with Crippen LogP contribution in [0.25, 0.3) is 0 Å². The van der Waals surface area contributed by atoms with Crippen LogP contribution < -0.4 is 4.90 Å². The summed E-state index contributed by atoms with van der Waals surface area (Å²) in [6.45, 7) is 2.82. The second-order valence-electron chi connectivity index (χ2n) is 3.35. The van der Waals surface area contributed by atoms with Gasteiger partial charge in [0.1, 0.15) is 0 Å². The van der Waals surface area contributed by atoms with Gasteiger partial charge in [-0.05, 0) is 13.2 Å². The fourth-order valence-electron chi connectivity index (χ4n) is 1.15. The molecule has 1 heterocycles. The number of hydrogen-bond acceptors (Lipinski definition) is 5. The van der Waals surface area contributed by atoms with E-state index in [2.05, 4.69) is 16.2 Å². The van der Waals surface area contributed by atoms with Gasteiger partial charge in [0.05, 0.1) is 6.61 Å². The topological polar surface area (TPSA) is 49.2 Å². The summed E-state index contributed by atoms with van der Waals surface area (Å²) in [6.07, 6.45) is 3.77. The summed E-state index contributed by atoms with van der Waals surface area (Å²) in [5.74, 6) is 1.78. The van der Waals surface area contributed by atoms with Crippen LogP contribution >= 0.6 is 11.8 Å². The summed E-state index contributed by atoms with van der Waals surface area (Å²) in [4.78, 5) is 10.6. The maximum absolute atomic E-state index is 8.99. The number of aryl methyl sites for hydroxylation is 1. The minimum Gasteiger partial charge on any atom is -0.392 e. The highest BCUT2D eigenvalue weighted by Gasteiger charge is 2.06. The maximum atomic E-state index is 8.99. The van der Waals surface area contributed by atoms with Gasteiger partial charge in [0.25, 0.3) is 0 Å². The van der Waals surface area contributed by atoms with Gasteiger partial charge in [-0.15, -0.1) is 0 Å². The molecule has 0 aliphatic heterocycles. The molecule has 0 atom stereocenters. The van der Waals surface area contributed by atoms with E-state index in [0.717, 1.165) is 29.5 Å². The Balaban J connectivity index is 2.73. The van der Waals surface area contributed by atoms with Crippen LogP contribution in [0.4, 0.5) is 5.95 Å². The molecule has 0 aliphatic carbocycles. The average molecular weight is 227 g/mol. The van der Waals surface area contributed by atoms with Gasteiger partial charge >= 0.3 is 0 Å². The third kappa shape index (κ3) is 3.35. The monoisotopic (exact) mass is 227 g/mol. The highest BCUT2D eigenvalue weighted by atomic mass is 32.2. The Labute approximate surface area is 94.7 Å². The zero-order chi connectivity index (χ0) is 11.3. The number of hydrogen-bond donors (Lipinski definition) is 1. The normalized spacial score (nSPS) is 10.4. The molecule has 0 spiro atoms. The minimum absolute atomic E-state index is 0.000634. The molecule has 0 aliphatic rings. The van der Waals surface area contributed by atoms with Crippen molar-refractivity contribution in [1.82, 2.24) is 9.97 Å². The van der Waals surface area contributed by atoms with Crippen molar-refractivity contribution in [2.75, 3.05) is 30.5 Å². The molecule has 0 aromatic carbocycles. The SMILES string of the molecule is CSCCN(C)c1ncc(CO)c(C)n1. The van der Waals surface area contributed by atoms with E-state index in [9.17, 15) is 0 Å². The van der Waals surface area contributed by atoms with E-state index < -0.39 is 0 Å². The van der Waals surface area contributed by atoms with Gasteiger partial charge in [0.15, 0.2) is 0 Å². The molecule has 0 bridgehead atoms. The van der Waals surface area contributed by atoms with Gasteiger partial charge in [0, 0.05) is 36.8 Å². The summed E-state index contributed by atoms with van der Waals surface area (Å²) in [6, 6.07) is 0. The second kappa shape index (κ2) is 5.92. The Hall–Kier alpha value is -0.810. The molecule has 84 valence electrons. The van der Waals surface area contributed by atoms with Gasteiger partial charge in [0.2, 0.25) is 5.95 Å². The predicted molar refractivity (Wildman–Crippen MR) is 64.3 cm³/mol. The molecule has 0 amide bonds. The first kappa shape index (κ1) is 12.3. The van der Waals surface area contributed by atoms with E-state index in [1.165, 1.54) is 0 Å². The maximum Gasteiger partial charge on any atom is 0.225 e. The third-order valence-corrected chi connectivity index (χ3v) is 2.80. The fourth-order valence-corrected chi connectivity index (χ4v) is 1.60. The van der Waals surface area contributed by atoms with Gasteiger partial charge in [-0.25, -0.2) is 9.97 Å². The zero-order valence-electron chi connectivity index (χ0n) is 9.40. The average Bonchev–Trinajstić information content (AvgIpc) is 2.25. The number of anilines is 1. The first-order valence-corrected chi connectivity index (χ1v) is 6.22. The van der Waals surface area contributed by atoms with Crippen molar-refractivity contribution in [2.24, 2.45) is 0 Å². The molecule has 0 unspecified atom stereocenters. The quantitative estimate of drug-likeness (QED) is 0.815. The number of aromatic nitrogens is 2. The van der Waals surface area contributed by atoms with E-state index in [0.29, 0.717) is 0 Å². The van der Waals surface area contributed by atoms with Gasteiger partial charge in [-0.3, -0.25) is 0 Å². The molecule has 5 heteroatoms. The molecule has 0 radical (unpaired) electrons. The zero-order valence-corrected chi connectivity index (χ0v) is 10.2. The molecule has 15 heavy (non-hydrogen) atoms. The number of nitrogens with zero attached hydrogens (tertiary/aromatic N) is 3. The number of rotatable bonds is 5. The Morgan fingerprint density at radius 2 is 2.27 bits per heavy atom. The largest absolute Gasteiger partial charge is 0.392 e. The number of thioether (sulfide) groups is 1. The summed E-state index contributed by atoms with van der Waals surface area (Å²) in [5, 5.41) is 8.99. The highest BCUT2D eigenvalue weighted by molar-refractivity contribution is 7.98. The molecule has 0 fully saturated rings. The molecule has 1 aromatic heterocycles. The van der Waals surface area contributed by atoms with Crippen LogP contribution in [-0.2, 0) is 6.61 Å². The Bertz CT molecular complexity index is 320. The van der Waals surface area contributed by atoms with Crippen LogP contribution in [-0.4, -0.2) is 40.7 Å². The molecule has 4 nitrogen and oxygen atoms in total. The lowest BCUT2D eigenvalue weighted by Crippen LogP contribution is -2.23. The molecule has 0 saturated heterocycles. The molecule has 0 saturated carbocycles. The van der Waals surface area contributed by atoms with E-state index in [4.69, 9.17) is 5.11 Å². The van der Waals surface area contributed by atoms with E-state index in [1.54, 1.807) is 18.0 Å². The van der Waals surface area contributed by atoms with Crippen molar-refractivity contribution in [3.05, 3.63) is 17.5 Å². The third-order valence-electron chi connectivity index (χ3n) is 2.21. The predicted octanol–water partition coefficient (Wildman–Crippen LogP) is 1.08. The van der Waals surface area contributed by atoms with Gasteiger partial charge in [-0.1, -0.05) is 0 Å². The van der Waals surface area contributed by atoms with Crippen molar-refractivity contribution >= 4 is 17.7 Å².